The molecule has 0 aliphatic rings. The summed E-state index contributed by atoms with van der Waals surface area (Å²) in [5, 5.41) is 22.7. The Kier molecular flexibility index (Phi) is 6.24. The van der Waals surface area contributed by atoms with E-state index in [9.17, 15) is 10.0 Å². The van der Waals surface area contributed by atoms with Gasteiger partial charge in [0.1, 0.15) is 0 Å². The summed E-state index contributed by atoms with van der Waals surface area (Å²) in [4.78, 5) is 0. The van der Waals surface area contributed by atoms with E-state index in [1.807, 2.05) is 49.4 Å². The average Bonchev–Trinajstić information content (AvgIpc) is 3.22. The number of benzene rings is 4. The van der Waals surface area contributed by atoms with Crippen molar-refractivity contribution >= 4 is 40.0 Å². The summed E-state index contributed by atoms with van der Waals surface area (Å²) in [6, 6.07) is 31.0. The molecule has 4 aromatic carbocycles. The van der Waals surface area contributed by atoms with Crippen LogP contribution in [0.15, 0.2) is 122 Å². The number of fused-ring (bicyclic) bond motifs is 3. The highest BCUT2D eigenvalue weighted by molar-refractivity contribution is 6.60. The Hall–Kier alpha value is -4.12. The summed E-state index contributed by atoms with van der Waals surface area (Å²) < 4.78 is 2.28. The number of para-hydroxylation sites is 2. The first-order valence-electron chi connectivity index (χ1n) is 11.7. The fraction of sp³-hybridized carbons (Fsp3) is 0.0323. The Balaban J connectivity index is 1.70. The summed E-state index contributed by atoms with van der Waals surface area (Å²) in [6.45, 7) is 5.72. The highest BCUT2D eigenvalue weighted by Crippen LogP contribution is 2.35. The molecule has 170 valence electrons. The van der Waals surface area contributed by atoms with Gasteiger partial charge in [0.25, 0.3) is 0 Å². The first-order chi connectivity index (χ1) is 17.1. The quantitative estimate of drug-likeness (QED) is 0.234. The molecule has 4 heteroatoms. The molecule has 0 aliphatic carbocycles. The van der Waals surface area contributed by atoms with Crippen LogP contribution in [-0.4, -0.2) is 21.7 Å². The molecule has 0 unspecified atom stereocenters. The second-order valence-corrected chi connectivity index (χ2v) is 8.45. The predicted molar refractivity (Wildman–Crippen MR) is 149 cm³/mol. The van der Waals surface area contributed by atoms with E-state index in [1.54, 1.807) is 6.08 Å². The zero-order chi connectivity index (χ0) is 24.4. The summed E-state index contributed by atoms with van der Waals surface area (Å²) in [5.74, 6) is 0. The number of allylic oxidation sites excluding steroid dienone is 5. The largest absolute Gasteiger partial charge is 0.489 e. The third kappa shape index (κ3) is 4.14. The molecule has 0 bridgehead atoms. The van der Waals surface area contributed by atoms with Crippen molar-refractivity contribution < 1.29 is 10.0 Å². The van der Waals surface area contributed by atoms with E-state index in [-0.39, 0.29) is 0 Å². The van der Waals surface area contributed by atoms with Crippen LogP contribution in [0.1, 0.15) is 12.5 Å². The minimum absolute atomic E-state index is 0.459. The van der Waals surface area contributed by atoms with Gasteiger partial charge in [0.05, 0.1) is 11.0 Å². The molecule has 0 radical (unpaired) electrons. The van der Waals surface area contributed by atoms with E-state index in [1.165, 1.54) is 5.39 Å². The fourth-order valence-corrected chi connectivity index (χ4v) is 4.77. The van der Waals surface area contributed by atoms with Crippen LogP contribution in [0.3, 0.4) is 0 Å². The highest BCUT2D eigenvalue weighted by Gasteiger charge is 2.19. The predicted octanol–water partition coefficient (Wildman–Crippen LogP) is 6.28. The molecule has 0 saturated carbocycles. The van der Waals surface area contributed by atoms with Gasteiger partial charge in [0, 0.05) is 16.5 Å². The van der Waals surface area contributed by atoms with E-state index in [2.05, 4.69) is 77.9 Å². The molecule has 0 saturated heterocycles. The Bertz CT molecular complexity index is 1590. The summed E-state index contributed by atoms with van der Waals surface area (Å²) >= 11 is 0. The lowest BCUT2D eigenvalue weighted by atomic mass is 9.74. The molecular weight excluding hydrogens is 429 g/mol. The third-order valence-corrected chi connectivity index (χ3v) is 6.30. The molecule has 1 heterocycles. The number of rotatable bonds is 6. The fourth-order valence-electron chi connectivity index (χ4n) is 4.77. The molecule has 3 nitrogen and oxygen atoms in total. The van der Waals surface area contributed by atoms with Crippen LogP contribution in [0.4, 0.5) is 0 Å². The maximum atomic E-state index is 10.2. The van der Waals surface area contributed by atoms with E-state index in [4.69, 9.17) is 0 Å². The molecule has 5 aromatic rings. The zero-order valence-corrected chi connectivity index (χ0v) is 19.6. The SMILES string of the molecule is C=C/C=C(\C=C/C)c1ccc(-c2ccc3c(c2)c2ccccc2n3-c2ccccc2)cc1B(O)O. The van der Waals surface area contributed by atoms with Gasteiger partial charge >= 0.3 is 7.12 Å². The lowest BCUT2D eigenvalue weighted by Crippen LogP contribution is -2.32. The lowest BCUT2D eigenvalue weighted by Gasteiger charge is -2.13. The van der Waals surface area contributed by atoms with E-state index in [0.717, 1.165) is 44.4 Å². The van der Waals surface area contributed by atoms with Crippen LogP contribution in [0.2, 0.25) is 0 Å². The molecule has 0 fully saturated rings. The van der Waals surface area contributed by atoms with Crippen molar-refractivity contribution in [2.24, 2.45) is 0 Å². The van der Waals surface area contributed by atoms with Crippen molar-refractivity contribution in [2.75, 3.05) is 0 Å². The maximum absolute atomic E-state index is 10.2. The Morgan fingerprint density at radius 3 is 2.23 bits per heavy atom. The van der Waals surface area contributed by atoms with Gasteiger partial charge in [0.15, 0.2) is 0 Å². The van der Waals surface area contributed by atoms with Crippen molar-refractivity contribution in [2.45, 2.75) is 6.92 Å². The zero-order valence-electron chi connectivity index (χ0n) is 19.6. The van der Waals surface area contributed by atoms with Crippen LogP contribution in [0.25, 0.3) is 44.2 Å². The summed E-state index contributed by atoms with van der Waals surface area (Å²) in [5.41, 5.74) is 7.44. The molecular formula is C31H26BNO2. The van der Waals surface area contributed by atoms with Gasteiger partial charge in [-0.3, -0.25) is 0 Å². The van der Waals surface area contributed by atoms with Gasteiger partial charge in [-0.25, -0.2) is 0 Å². The maximum Gasteiger partial charge on any atom is 0.489 e. The summed E-state index contributed by atoms with van der Waals surface area (Å²) in [7, 11) is -1.59. The smallest absolute Gasteiger partial charge is 0.423 e. The van der Waals surface area contributed by atoms with Crippen molar-refractivity contribution in [3.63, 3.8) is 0 Å². The Morgan fingerprint density at radius 2 is 1.49 bits per heavy atom. The Morgan fingerprint density at radius 1 is 0.800 bits per heavy atom. The van der Waals surface area contributed by atoms with Crippen LogP contribution < -0.4 is 5.46 Å². The first kappa shape index (κ1) is 22.7. The van der Waals surface area contributed by atoms with Gasteiger partial charge in [-0.1, -0.05) is 91.5 Å². The minimum Gasteiger partial charge on any atom is -0.423 e. The van der Waals surface area contributed by atoms with Crippen LogP contribution in [0.5, 0.6) is 0 Å². The first-order valence-corrected chi connectivity index (χ1v) is 11.7. The molecule has 35 heavy (non-hydrogen) atoms. The summed E-state index contributed by atoms with van der Waals surface area (Å²) in [6.07, 6.45) is 7.43. The monoisotopic (exact) mass is 455 g/mol. The van der Waals surface area contributed by atoms with Crippen LogP contribution >= 0.6 is 0 Å². The van der Waals surface area contributed by atoms with Gasteiger partial charge in [-0.2, -0.15) is 0 Å². The molecule has 0 aliphatic heterocycles. The normalized spacial score (nSPS) is 12.0. The second-order valence-electron chi connectivity index (χ2n) is 8.45. The van der Waals surface area contributed by atoms with Gasteiger partial charge in [-0.05, 0) is 65.0 Å². The van der Waals surface area contributed by atoms with Gasteiger partial charge in [0.2, 0.25) is 0 Å². The van der Waals surface area contributed by atoms with E-state index < -0.39 is 7.12 Å². The number of nitrogens with zero attached hydrogens (tertiary/aromatic N) is 1. The molecule has 0 atom stereocenters. The van der Waals surface area contributed by atoms with Crippen LogP contribution in [0, 0.1) is 0 Å². The lowest BCUT2D eigenvalue weighted by molar-refractivity contribution is 0.425. The molecule has 0 amide bonds. The molecule has 2 N–H and O–H groups in total. The number of hydrogen-bond acceptors (Lipinski definition) is 2. The van der Waals surface area contributed by atoms with Gasteiger partial charge < -0.3 is 14.6 Å². The Labute approximate surface area is 205 Å². The average molecular weight is 455 g/mol. The van der Waals surface area contributed by atoms with E-state index >= 15 is 0 Å². The molecule has 1 aromatic heterocycles. The number of hydrogen-bond donors (Lipinski definition) is 2. The van der Waals surface area contributed by atoms with Crippen molar-refractivity contribution in [1.82, 2.24) is 4.57 Å². The van der Waals surface area contributed by atoms with Crippen LogP contribution in [-0.2, 0) is 0 Å². The number of aromatic nitrogens is 1. The van der Waals surface area contributed by atoms with Crippen molar-refractivity contribution in [3.8, 4) is 16.8 Å². The minimum atomic E-state index is -1.59. The highest BCUT2D eigenvalue weighted by atomic mass is 16.4. The van der Waals surface area contributed by atoms with Crippen molar-refractivity contribution in [1.29, 1.82) is 0 Å². The van der Waals surface area contributed by atoms with Crippen molar-refractivity contribution in [3.05, 3.63) is 127 Å². The van der Waals surface area contributed by atoms with E-state index in [0.29, 0.717) is 5.46 Å². The topological polar surface area (TPSA) is 45.4 Å². The standard InChI is InChI=1S/C31H26BNO2/c1-3-10-22(11-4-2)26-18-16-24(21-29(26)32(34)35)23-17-19-31-28(20-23)27-14-8-9-15-30(27)33(31)25-12-6-5-7-13-25/h3-21,34-35H,1H2,2H3/b11-4-,22-10+. The second kappa shape index (κ2) is 9.63. The van der Waals surface area contributed by atoms with Gasteiger partial charge in [-0.15, -0.1) is 0 Å². The molecule has 5 rings (SSSR count). The third-order valence-electron chi connectivity index (χ3n) is 6.30. The molecule has 0 spiro atoms.